The molecule has 21 heavy (non-hydrogen) atoms. The molecule has 0 spiro atoms. The summed E-state index contributed by atoms with van der Waals surface area (Å²) in [5.41, 5.74) is 5.56. The molecule has 0 aliphatic rings. The highest BCUT2D eigenvalue weighted by Crippen LogP contribution is 2.34. The van der Waals surface area contributed by atoms with Crippen LogP contribution in [-0.2, 0) is 17.4 Å². The molecule has 1 amide bonds. The van der Waals surface area contributed by atoms with Crippen molar-refractivity contribution in [1.82, 2.24) is 0 Å². The Bertz CT molecular complexity index is 653. The minimum Gasteiger partial charge on any atom is -0.398 e. The molecule has 2 aromatic carbocycles. The minimum atomic E-state index is -4.52. The topological polar surface area (TPSA) is 55.1 Å². The fraction of sp³-hybridized carbons (Fsp3) is 0.133. The van der Waals surface area contributed by atoms with Crippen LogP contribution in [0.3, 0.4) is 0 Å². The Labute approximate surface area is 119 Å². The van der Waals surface area contributed by atoms with Crippen molar-refractivity contribution in [2.45, 2.75) is 12.6 Å². The molecule has 3 nitrogen and oxygen atoms in total. The van der Waals surface area contributed by atoms with Crippen molar-refractivity contribution < 1.29 is 18.0 Å². The summed E-state index contributed by atoms with van der Waals surface area (Å²) in [5.74, 6) is -0.551. The largest absolute Gasteiger partial charge is 0.418 e. The number of carbonyl (C=O) groups is 1. The number of para-hydroxylation sites is 2. The molecular formula is C15H13F3N2O. The van der Waals surface area contributed by atoms with E-state index in [0.717, 1.165) is 6.07 Å². The lowest BCUT2D eigenvalue weighted by atomic mass is 10.1. The van der Waals surface area contributed by atoms with Crippen LogP contribution in [0.2, 0.25) is 0 Å². The van der Waals surface area contributed by atoms with E-state index in [9.17, 15) is 18.0 Å². The number of halogens is 3. The van der Waals surface area contributed by atoms with Crippen LogP contribution < -0.4 is 11.1 Å². The Kier molecular flexibility index (Phi) is 4.16. The number of hydrogen-bond donors (Lipinski definition) is 2. The third kappa shape index (κ3) is 3.75. The molecular weight excluding hydrogens is 281 g/mol. The normalized spacial score (nSPS) is 11.2. The van der Waals surface area contributed by atoms with Crippen LogP contribution in [0.25, 0.3) is 0 Å². The van der Waals surface area contributed by atoms with Crippen LogP contribution in [-0.4, -0.2) is 5.91 Å². The van der Waals surface area contributed by atoms with Gasteiger partial charge in [-0.1, -0.05) is 30.3 Å². The maximum absolute atomic E-state index is 12.8. The predicted octanol–water partition coefficient (Wildman–Crippen LogP) is 3.47. The Balaban J connectivity index is 2.16. The van der Waals surface area contributed by atoms with Gasteiger partial charge in [0.15, 0.2) is 0 Å². The molecule has 3 N–H and O–H groups in total. The molecule has 0 radical (unpaired) electrons. The Morgan fingerprint density at radius 1 is 1.05 bits per heavy atom. The van der Waals surface area contributed by atoms with E-state index in [1.165, 1.54) is 18.2 Å². The van der Waals surface area contributed by atoms with Crippen LogP contribution >= 0.6 is 0 Å². The summed E-state index contributed by atoms with van der Waals surface area (Å²) in [6.07, 6.45) is -4.60. The first kappa shape index (κ1) is 14.9. The number of nitrogens with one attached hydrogen (secondary N) is 1. The molecule has 0 aromatic heterocycles. The van der Waals surface area contributed by atoms with Gasteiger partial charge in [-0.3, -0.25) is 4.79 Å². The maximum Gasteiger partial charge on any atom is 0.418 e. The standard InChI is InChI=1S/C15H13F3N2O/c16-15(17,18)11-6-2-4-8-13(11)20-14(21)9-10-5-1-3-7-12(10)19/h1-8H,9,19H2,(H,20,21). The minimum absolute atomic E-state index is 0.0845. The summed E-state index contributed by atoms with van der Waals surface area (Å²) in [5, 5.41) is 2.28. The van der Waals surface area contributed by atoms with Crippen LogP contribution in [0.4, 0.5) is 24.5 Å². The van der Waals surface area contributed by atoms with E-state index < -0.39 is 17.6 Å². The molecule has 110 valence electrons. The van der Waals surface area contributed by atoms with Gasteiger partial charge in [0.2, 0.25) is 5.91 Å². The van der Waals surface area contributed by atoms with Crippen LogP contribution in [0.15, 0.2) is 48.5 Å². The second kappa shape index (κ2) is 5.87. The molecule has 0 saturated heterocycles. The second-order valence-corrected chi connectivity index (χ2v) is 4.47. The highest BCUT2D eigenvalue weighted by Gasteiger charge is 2.33. The first-order valence-electron chi connectivity index (χ1n) is 6.17. The lowest BCUT2D eigenvalue weighted by molar-refractivity contribution is -0.137. The zero-order valence-electron chi connectivity index (χ0n) is 10.9. The highest BCUT2D eigenvalue weighted by atomic mass is 19.4. The highest BCUT2D eigenvalue weighted by molar-refractivity contribution is 5.93. The zero-order valence-corrected chi connectivity index (χ0v) is 10.9. The van der Waals surface area contributed by atoms with Crippen molar-refractivity contribution in [2.75, 3.05) is 11.1 Å². The van der Waals surface area contributed by atoms with Crippen molar-refractivity contribution in [1.29, 1.82) is 0 Å². The molecule has 0 atom stereocenters. The van der Waals surface area contributed by atoms with E-state index in [1.807, 2.05) is 0 Å². The predicted molar refractivity (Wildman–Crippen MR) is 74.6 cm³/mol. The summed E-state index contributed by atoms with van der Waals surface area (Å²) < 4.78 is 38.5. The van der Waals surface area contributed by atoms with Gasteiger partial charge in [-0.05, 0) is 23.8 Å². The Morgan fingerprint density at radius 3 is 2.33 bits per heavy atom. The number of hydrogen-bond acceptors (Lipinski definition) is 2. The van der Waals surface area contributed by atoms with Crippen LogP contribution in [0.1, 0.15) is 11.1 Å². The monoisotopic (exact) mass is 294 g/mol. The van der Waals surface area contributed by atoms with Crippen molar-refractivity contribution in [3.63, 3.8) is 0 Å². The number of benzene rings is 2. The van der Waals surface area contributed by atoms with Crippen LogP contribution in [0.5, 0.6) is 0 Å². The number of nitrogen functional groups attached to an aromatic ring is 1. The molecule has 2 rings (SSSR count). The number of anilines is 2. The van der Waals surface area contributed by atoms with Crippen molar-refractivity contribution in [3.8, 4) is 0 Å². The molecule has 0 heterocycles. The number of carbonyl (C=O) groups excluding carboxylic acids is 1. The number of nitrogens with two attached hydrogens (primary N) is 1. The lowest BCUT2D eigenvalue weighted by Crippen LogP contribution is -2.18. The molecule has 0 aliphatic carbocycles. The summed E-state index contributed by atoms with van der Waals surface area (Å²) >= 11 is 0. The lowest BCUT2D eigenvalue weighted by Gasteiger charge is -2.13. The third-order valence-electron chi connectivity index (χ3n) is 2.91. The van der Waals surface area contributed by atoms with E-state index in [0.29, 0.717) is 11.3 Å². The van der Waals surface area contributed by atoms with Gasteiger partial charge < -0.3 is 11.1 Å². The Hall–Kier alpha value is -2.50. The van der Waals surface area contributed by atoms with Gasteiger partial charge in [0.05, 0.1) is 17.7 Å². The van der Waals surface area contributed by atoms with Gasteiger partial charge in [-0.15, -0.1) is 0 Å². The average molecular weight is 294 g/mol. The van der Waals surface area contributed by atoms with Crippen molar-refractivity contribution in [3.05, 3.63) is 59.7 Å². The molecule has 0 unspecified atom stereocenters. The van der Waals surface area contributed by atoms with E-state index in [4.69, 9.17) is 5.73 Å². The quantitative estimate of drug-likeness (QED) is 0.852. The molecule has 0 saturated carbocycles. The SMILES string of the molecule is Nc1ccccc1CC(=O)Nc1ccccc1C(F)(F)F. The van der Waals surface area contributed by atoms with Crippen LogP contribution in [0, 0.1) is 0 Å². The second-order valence-electron chi connectivity index (χ2n) is 4.47. The molecule has 0 bridgehead atoms. The van der Waals surface area contributed by atoms with E-state index in [-0.39, 0.29) is 12.1 Å². The number of alkyl halides is 3. The van der Waals surface area contributed by atoms with Crippen molar-refractivity contribution in [2.24, 2.45) is 0 Å². The van der Waals surface area contributed by atoms with Gasteiger partial charge in [0.25, 0.3) is 0 Å². The van der Waals surface area contributed by atoms with Gasteiger partial charge in [0.1, 0.15) is 0 Å². The summed E-state index contributed by atoms with van der Waals surface area (Å²) in [4.78, 5) is 11.9. The fourth-order valence-corrected chi connectivity index (χ4v) is 1.90. The maximum atomic E-state index is 12.8. The molecule has 0 fully saturated rings. The summed E-state index contributed by atoms with van der Waals surface area (Å²) in [6, 6.07) is 11.6. The van der Waals surface area contributed by atoms with Gasteiger partial charge in [0, 0.05) is 5.69 Å². The molecule has 0 aliphatic heterocycles. The van der Waals surface area contributed by atoms with Gasteiger partial charge in [-0.2, -0.15) is 13.2 Å². The summed E-state index contributed by atoms with van der Waals surface area (Å²) in [7, 11) is 0. The van der Waals surface area contributed by atoms with E-state index >= 15 is 0 Å². The number of rotatable bonds is 3. The Morgan fingerprint density at radius 2 is 1.67 bits per heavy atom. The fourth-order valence-electron chi connectivity index (χ4n) is 1.90. The van der Waals surface area contributed by atoms with Gasteiger partial charge >= 0.3 is 6.18 Å². The number of amides is 1. The third-order valence-corrected chi connectivity index (χ3v) is 2.91. The van der Waals surface area contributed by atoms with Gasteiger partial charge in [-0.25, -0.2) is 0 Å². The molecule has 2 aromatic rings. The van der Waals surface area contributed by atoms with E-state index in [1.54, 1.807) is 24.3 Å². The summed E-state index contributed by atoms with van der Waals surface area (Å²) in [6.45, 7) is 0. The first-order chi connectivity index (χ1) is 9.88. The first-order valence-corrected chi connectivity index (χ1v) is 6.17. The van der Waals surface area contributed by atoms with E-state index in [2.05, 4.69) is 5.32 Å². The average Bonchev–Trinajstić information content (AvgIpc) is 2.41. The van der Waals surface area contributed by atoms with Crippen molar-refractivity contribution >= 4 is 17.3 Å². The smallest absolute Gasteiger partial charge is 0.398 e. The molecule has 6 heteroatoms. The zero-order chi connectivity index (χ0) is 15.5.